The number of benzene rings is 2. The number of fused-ring (bicyclic) bond motifs is 3. The van der Waals surface area contributed by atoms with Crippen LogP contribution in [0, 0.1) is 0 Å². The molecule has 0 spiro atoms. The highest BCUT2D eigenvalue weighted by Crippen LogP contribution is 2.43. The van der Waals surface area contributed by atoms with E-state index in [9.17, 15) is 0 Å². The Labute approximate surface area is 154 Å². The first-order chi connectivity index (χ1) is 11.4. The molecule has 0 bridgehead atoms. The van der Waals surface area contributed by atoms with E-state index in [-0.39, 0.29) is 12.4 Å². The molecule has 2 nitrogen and oxygen atoms in total. The molecular formula is C20H23ClN2S. The molecule has 24 heavy (non-hydrogen) atoms. The third-order valence-electron chi connectivity index (χ3n) is 4.71. The second-order valence-electron chi connectivity index (χ2n) is 6.20. The normalized spacial score (nSPS) is 16.6. The molecule has 0 radical (unpaired) electrons. The number of likely N-dealkylation sites (N-methyl/N-ethyl adjacent to an activating group) is 1. The maximum Gasteiger partial charge on any atom is 0.0798 e. The summed E-state index contributed by atoms with van der Waals surface area (Å²) in [6.45, 7) is 2.02. The first kappa shape index (κ1) is 17.4. The maximum atomic E-state index is 3.38. The molecule has 0 saturated heterocycles. The highest BCUT2D eigenvalue weighted by molar-refractivity contribution is 7.99. The van der Waals surface area contributed by atoms with Gasteiger partial charge in [0.2, 0.25) is 0 Å². The molecule has 3 aromatic rings. The number of hydrogen-bond acceptors (Lipinski definition) is 2. The van der Waals surface area contributed by atoms with Crippen molar-refractivity contribution in [2.24, 2.45) is 0 Å². The van der Waals surface area contributed by atoms with E-state index in [4.69, 9.17) is 0 Å². The van der Waals surface area contributed by atoms with Gasteiger partial charge in [-0.15, -0.1) is 24.2 Å². The predicted molar refractivity (Wildman–Crippen MR) is 107 cm³/mol. The van der Waals surface area contributed by atoms with Gasteiger partial charge in [0.1, 0.15) is 0 Å². The predicted octanol–water partition coefficient (Wildman–Crippen LogP) is 4.91. The standard InChI is InChI=1S/C20H22N2S.ClH/c1-21-13-16-11-12-23-20-19(16)17-9-5-6-10-18(17)22(20)14-15-7-3-2-4-8-15;/h2-10,16,21H,11-14H2,1H3;1H. The van der Waals surface area contributed by atoms with Crippen molar-refractivity contribution in [3.63, 3.8) is 0 Å². The number of aromatic nitrogens is 1. The van der Waals surface area contributed by atoms with E-state index >= 15 is 0 Å². The van der Waals surface area contributed by atoms with E-state index in [2.05, 4.69) is 71.5 Å². The topological polar surface area (TPSA) is 17.0 Å². The van der Waals surface area contributed by atoms with Crippen LogP contribution in [0.1, 0.15) is 23.5 Å². The van der Waals surface area contributed by atoms with Crippen LogP contribution in [0.3, 0.4) is 0 Å². The summed E-state index contributed by atoms with van der Waals surface area (Å²) in [6.07, 6.45) is 1.26. The Bertz CT molecular complexity index is 813. The molecule has 2 heterocycles. The van der Waals surface area contributed by atoms with Crippen molar-refractivity contribution in [1.82, 2.24) is 9.88 Å². The Balaban J connectivity index is 0.00000169. The second kappa shape index (κ2) is 7.64. The molecule has 0 saturated carbocycles. The summed E-state index contributed by atoms with van der Waals surface area (Å²) in [4.78, 5) is 0. The highest BCUT2D eigenvalue weighted by Gasteiger charge is 2.27. The van der Waals surface area contributed by atoms with Crippen LogP contribution in [0.5, 0.6) is 0 Å². The van der Waals surface area contributed by atoms with Crippen LogP contribution in [0.15, 0.2) is 59.6 Å². The van der Waals surface area contributed by atoms with Crippen molar-refractivity contribution in [2.45, 2.75) is 23.9 Å². The van der Waals surface area contributed by atoms with Crippen molar-refractivity contribution in [3.05, 3.63) is 65.7 Å². The van der Waals surface area contributed by atoms with Gasteiger partial charge in [-0.2, -0.15) is 0 Å². The largest absolute Gasteiger partial charge is 0.331 e. The SMILES string of the molecule is CNCC1CCSc2c1c1ccccc1n2Cc1ccccc1.Cl. The van der Waals surface area contributed by atoms with Crippen LogP contribution in [0.25, 0.3) is 10.9 Å². The number of thioether (sulfide) groups is 1. The van der Waals surface area contributed by atoms with Gasteiger partial charge in [0, 0.05) is 35.7 Å². The molecule has 4 heteroatoms. The molecule has 0 aliphatic carbocycles. The van der Waals surface area contributed by atoms with Crippen LogP contribution in [-0.2, 0) is 6.54 Å². The molecule has 4 rings (SSSR count). The zero-order chi connectivity index (χ0) is 15.6. The Morgan fingerprint density at radius 2 is 1.83 bits per heavy atom. The Kier molecular flexibility index (Phi) is 5.54. The molecular weight excluding hydrogens is 336 g/mol. The van der Waals surface area contributed by atoms with Crippen molar-refractivity contribution in [3.8, 4) is 0 Å². The van der Waals surface area contributed by atoms with Crippen LogP contribution < -0.4 is 5.32 Å². The fourth-order valence-corrected chi connectivity index (χ4v) is 5.02. The van der Waals surface area contributed by atoms with E-state index in [0.717, 1.165) is 13.1 Å². The molecule has 1 aliphatic rings. The van der Waals surface area contributed by atoms with Gasteiger partial charge < -0.3 is 9.88 Å². The zero-order valence-corrected chi connectivity index (χ0v) is 15.5. The Morgan fingerprint density at radius 3 is 2.62 bits per heavy atom. The quantitative estimate of drug-likeness (QED) is 0.713. The summed E-state index contributed by atoms with van der Waals surface area (Å²) < 4.78 is 2.52. The first-order valence-electron chi connectivity index (χ1n) is 8.31. The third kappa shape index (κ3) is 3.08. The highest BCUT2D eigenvalue weighted by atomic mass is 35.5. The van der Waals surface area contributed by atoms with E-state index in [1.165, 1.54) is 33.7 Å². The minimum absolute atomic E-state index is 0. The molecule has 1 unspecified atom stereocenters. The van der Waals surface area contributed by atoms with Gasteiger partial charge in [0.15, 0.2) is 0 Å². The summed E-state index contributed by atoms with van der Waals surface area (Å²) in [5, 5.41) is 6.29. The number of para-hydroxylation sites is 1. The number of nitrogens with one attached hydrogen (secondary N) is 1. The van der Waals surface area contributed by atoms with Gasteiger partial charge in [-0.05, 0) is 30.7 Å². The lowest BCUT2D eigenvalue weighted by molar-refractivity contribution is 0.590. The van der Waals surface area contributed by atoms with Gasteiger partial charge >= 0.3 is 0 Å². The molecule has 1 aliphatic heterocycles. The van der Waals surface area contributed by atoms with E-state index in [1.54, 1.807) is 5.56 Å². The smallest absolute Gasteiger partial charge is 0.0798 e. The van der Waals surface area contributed by atoms with E-state index in [0.29, 0.717) is 5.92 Å². The van der Waals surface area contributed by atoms with Gasteiger partial charge in [-0.1, -0.05) is 48.5 Å². The number of rotatable bonds is 4. The first-order valence-corrected chi connectivity index (χ1v) is 9.29. The molecule has 0 fully saturated rings. The van der Waals surface area contributed by atoms with Crippen LogP contribution >= 0.6 is 24.2 Å². The summed E-state index contributed by atoms with van der Waals surface area (Å²) >= 11 is 2.03. The van der Waals surface area contributed by atoms with E-state index < -0.39 is 0 Å². The fourth-order valence-electron chi connectivity index (χ4n) is 3.67. The maximum absolute atomic E-state index is 3.38. The van der Waals surface area contributed by atoms with Gasteiger partial charge in [-0.25, -0.2) is 0 Å². The van der Waals surface area contributed by atoms with E-state index in [1.807, 2.05) is 11.8 Å². The molecule has 0 amide bonds. The second-order valence-corrected chi connectivity index (χ2v) is 7.28. The van der Waals surface area contributed by atoms with Crippen molar-refractivity contribution >= 4 is 35.1 Å². The Hall–Kier alpha value is -1.42. The minimum Gasteiger partial charge on any atom is -0.331 e. The average molecular weight is 359 g/mol. The summed E-state index contributed by atoms with van der Waals surface area (Å²) in [7, 11) is 2.06. The third-order valence-corrected chi connectivity index (χ3v) is 5.86. The van der Waals surface area contributed by atoms with Crippen molar-refractivity contribution in [2.75, 3.05) is 19.3 Å². The van der Waals surface area contributed by atoms with Gasteiger partial charge in [-0.3, -0.25) is 0 Å². The van der Waals surface area contributed by atoms with Crippen LogP contribution in [-0.4, -0.2) is 23.9 Å². The van der Waals surface area contributed by atoms with Crippen LogP contribution in [0.4, 0.5) is 0 Å². The lowest BCUT2D eigenvalue weighted by Crippen LogP contribution is -2.20. The van der Waals surface area contributed by atoms with Crippen molar-refractivity contribution < 1.29 is 0 Å². The zero-order valence-electron chi connectivity index (χ0n) is 13.9. The number of hydrogen-bond donors (Lipinski definition) is 1. The Morgan fingerprint density at radius 1 is 1.08 bits per heavy atom. The summed E-state index contributed by atoms with van der Waals surface area (Å²) in [5.74, 6) is 1.84. The average Bonchev–Trinajstić information content (AvgIpc) is 2.92. The monoisotopic (exact) mass is 358 g/mol. The van der Waals surface area contributed by atoms with Gasteiger partial charge in [0.25, 0.3) is 0 Å². The van der Waals surface area contributed by atoms with Crippen molar-refractivity contribution in [1.29, 1.82) is 0 Å². The summed E-state index contributed by atoms with van der Waals surface area (Å²) in [6, 6.07) is 19.7. The lowest BCUT2D eigenvalue weighted by atomic mass is 9.95. The molecule has 1 atom stereocenters. The molecule has 126 valence electrons. The fraction of sp³-hybridized carbons (Fsp3) is 0.300. The number of halogens is 1. The lowest BCUT2D eigenvalue weighted by Gasteiger charge is -2.24. The number of nitrogens with zero attached hydrogens (tertiary/aromatic N) is 1. The minimum atomic E-state index is 0. The van der Waals surface area contributed by atoms with Gasteiger partial charge in [0.05, 0.1) is 5.03 Å². The summed E-state index contributed by atoms with van der Waals surface area (Å²) in [5.41, 5.74) is 4.30. The molecule has 1 N–H and O–H groups in total. The molecule has 2 aromatic carbocycles. The molecule has 1 aromatic heterocycles. The van der Waals surface area contributed by atoms with Crippen LogP contribution in [0.2, 0.25) is 0 Å².